The van der Waals surface area contributed by atoms with Crippen LogP contribution in [0.25, 0.3) is 0 Å². The molecule has 0 saturated carbocycles. The summed E-state index contributed by atoms with van der Waals surface area (Å²) in [6.45, 7) is 0.336. The van der Waals surface area contributed by atoms with Gasteiger partial charge in [0.05, 0.1) is 21.2 Å². The van der Waals surface area contributed by atoms with Gasteiger partial charge < -0.3 is 4.74 Å². The van der Waals surface area contributed by atoms with Crippen LogP contribution < -0.4 is 10.2 Å². The van der Waals surface area contributed by atoms with Gasteiger partial charge in [-0.1, -0.05) is 23.7 Å². The minimum absolute atomic E-state index is 0.166. The summed E-state index contributed by atoms with van der Waals surface area (Å²) in [4.78, 5) is 10.2. The highest BCUT2D eigenvalue weighted by molar-refractivity contribution is 9.10. The van der Waals surface area contributed by atoms with E-state index in [1.807, 2.05) is 12.1 Å². The molecule has 0 heterocycles. The molecule has 0 aromatic heterocycles. The van der Waals surface area contributed by atoms with Gasteiger partial charge in [0.1, 0.15) is 18.0 Å². The average Bonchev–Trinajstić information content (AvgIpc) is 2.73. The molecule has 0 atom stereocenters. The number of alkyl halides is 3. The third-order valence-electron chi connectivity index (χ3n) is 4.18. The third kappa shape index (κ3) is 6.21. The number of hydrogen-bond donors (Lipinski definition) is 1. The largest absolute Gasteiger partial charge is 0.488 e. The molecule has 0 amide bonds. The van der Waals surface area contributed by atoms with Gasteiger partial charge in [-0.2, -0.15) is 18.3 Å². The number of nitrogens with one attached hydrogen (secondary N) is 1. The van der Waals surface area contributed by atoms with Crippen LogP contribution in [-0.4, -0.2) is 11.1 Å². The van der Waals surface area contributed by atoms with Crippen molar-refractivity contribution in [2.24, 2.45) is 5.10 Å². The molecule has 0 saturated heterocycles. The lowest BCUT2D eigenvalue weighted by atomic mass is 10.1. The van der Waals surface area contributed by atoms with Crippen molar-refractivity contribution in [2.75, 3.05) is 5.43 Å². The first-order valence-electron chi connectivity index (χ1n) is 8.95. The lowest BCUT2D eigenvalue weighted by molar-refractivity contribution is -0.384. The third-order valence-corrected chi connectivity index (χ3v) is 5.06. The van der Waals surface area contributed by atoms with Crippen LogP contribution in [0.15, 0.2) is 70.2 Å². The van der Waals surface area contributed by atoms with Gasteiger partial charge in [0.2, 0.25) is 0 Å². The maximum atomic E-state index is 12.8. The number of nitro groups is 1. The fourth-order valence-electron chi connectivity index (χ4n) is 2.59. The van der Waals surface area contributed by atoms with E-state index in [9.17, 15) is 23.3 Å². The summed E-state index contributed by atoms with van der Waals surface area (Å²) in [5, 5.41) is 15.6. The molecular weight excluding hydrogens is 515 g/mol. The highest BCUT2D eigenvalue weighted by Crippen LogP contribution is 2.35. The molecule has 0 radical (unpaired) electrons. The molecule has 0 aliphatic rings. The van der Waals surface area contributed by atoms with Gasteiger partial charge in [0.25, 0.3) is 5.69 Å². The number of nitro benzene ring substituents is 1. The predicted molar refractivity (Wildman–Crippen MR) is 119 cm³/mol. The lowest BCUT2D eigenvalue weighted by Gasteiger charge is -2.09. The number of ether oxygens (including phenoxy) is 1. The van der Waals surface area contributed by atoms with Crippen LogP contribution in [-0.2, 0) is 12.8 Å². The van der Waals surface area contributed by atoms with Crippen molar-refractivity contribution < 1.29 is 22.8 Å². The van der Waals surface area contributed by atoms with E-state index in [0.29, 0.717) is 33.5 Å². The van der Waals surface area contributed by atoms with Crippen molar-refractivity contribution in [3.8, 4) is 5.75 Å². The summed E-state index contributed by atoms with van der Waals surface area (Å²) in [5.41, 5.74) is 1.96. The zero-order valence-electron chi connectivity index (χ0n) is 16.1. The maximum absolute atomic E-state index is 12.8. The standard InChI is InChI=1S/C21H14BrClF3N3O3/c22-17-9-14(3-8-20(17)32-12-13-1-5-16(23)6-2-13)11-27-28-18-7-4-15(21(24,25)26)10-19(18)29(30)31/h1-11,28H,12H2/b27-11-. The van der Waals surface area contributed by atoms with E-state index in [4.69, 9.17) is 16.3 Å². The molecule has 32 heavy (non-hydrogen) atoms. The highest BCUT2D eigenvalue weighted by Gasteiger charge is 2.33. The first-order valence-corrected chi connectivity index (χ1v) is 10.1. The first kappa shape index (κ1) is 23.6. The van der Waals surface area contributed by atoms with Crippen LogP contribution in [0.3, 0.4) is 0 Å². The molecule has 0 fully saturated rings. The van der Waals surface area contributed by atoms with Crippen LogP contribution in [0.1, 0.15) is 16.7 Å². The highest BCUT2D eigenvalue weighted by atomic mass is 79.9. The molecule has 0 aliphatic heterocycles. The van der Waals surface area contributed by atoms with Crippen molar-refractivity contribution in [3.63, 3.8) is 0 Å². The topological polar surface area (TPSA) is 76.8 Å². The summed E-state index contributed by atoms with van der Waals surface area (Å²) >= 11 is 9.26. The van der Waals surface area contributed by atoms with E-state index < -0.39 is 22.4 Å². The molecule has 0 unspecified atom stereocenters. The van der Waals surface area contributed by atoms with Gasteiger partial charge >= 0.3 is 6.18 Å². The van der Waals surface area contributed by atoms with E-state index in [0.717, 1.165) is 17.7 Å². The number of nitrogens with zero attached hydrogens (tertiary/aromatic N) is 2. The van der Waals surface area contributed by atoms with Gasteiger partial charge in [-0.15, -0.1) is 0 Å². The molecule has 0 bridgehead atoms. The summed E-state index contributed by atoms with van der Waals surface area (Å²) in [7, 11) is 0. The summed E-state index contributed by atoms with van der Waals surface area (Å²) in [6, 6.07) is 14.5. The minimum atomic E-state index is -4.68. The molecule has 11 heteroatoms. The molecule has 3 rings (SSSR count). The van der Waals surface area contributed by atoms with Crippen LogP contribution in [0.4, 0.5) is 24.5 Å². The predicted octanol–water partition coefficient (Wildman–Crippen LogP) is 7.05. The zero-order valence-corrected chi connectivity index (χ0v) is 18.4. The number of hydrogen-bond acceptors (Lipinski definition) is 5. The van der Waals surface area contributed by atoms with E-state index in [1.165, 1.54) is 6.21 Å². The van der Waals surface area contributed by atoms with Crippen LogP contribution in [0.5, 0.6) is 5.75 Å². The number of anilines is 1. The zero-order chi connectivity index (χ0) is 23.3. The quantitative estimate of drug-likeness (QED) is 0.202. The Bertz CT molecular complexity index is 1160. The maximum Gasteiger partial charge on any atom is 0.416 e. The Morgan fingerprint density at radius 2 is 1.84 bits per heavy atom. The Hall–Kier alpha value is -3.11. The Morgan fingerprint density at radius 1 is 1.12 bits per heavy atom. The number of hydrazone groups is 1. The Morgan fingerprint density at radius 3 is 2.47 bits per heavy atom. The first-order chi connectivity index (χ1) is 15.1. The SMILES string of the molecule is O=[N+]([O-])c1cc(C(F)(F)F)ccc1N/N=C\c1ccc(OCc2ccc(Cl)cc2)c(Br)c1. The van der Waals surface area contributed by atoms with Crippen LogP contribution >= 0.6 is 27.5 Å². The number of halogens is 5. The normalized spacial score (nSPS) is 11.5. The van der Waals surface area contributed by atoms with E-state index >= 15 is 0 Å². The Labute approximate surface area is 193 Å². The second kappa shape index (κ2) is 10.0. The molecule has 3 aromatic carbocycles. The van der Waals surface area contributed by atoms with Crippen LogP contribution in [0.2, 0.25) is 5.02 Å². The summed E-state index contributed by atoms with van der Waals surface area (Å²) in [5.74, 6) is 0.587. The Balaban J connectivity index is 1.67. The monoisotopic (exact) mass is 527 g/mol. The van der Waals surface area contributed by atoms with Crippen molar-refractivity contribution in [2.45, 2.75) is 12.8 Å². The fourth-order valence-corrected chi connectivity index (χ4v) is 3.22. The minimum Gasteiger partial charge on any atom is -0.488 e. The van der Waals surface area contributed by atoms with Gasteiger partial charge in [-0.25, -0.2) is 0 Å². The van der Waals surface area contributed by atoms with Gasteiger partial charge in [-0.05, 0) is 69.5 Å². The molecule has 166 valence electrons. The van der Waals surface area contributed by atoms with Crippen LogP contribution in [0, 0.1) is 10.1 Å². The Kier molecular flexibility index (Phi) is 7.37. The van der Waals surface area contributed by atoms with Crippen molar-refractivity contribution in [1.29, 1.82) is 0 Å². The second-order valence-corrected chi connectivity index (χ2v) is 7.75. The molecule has 1 N–H and O–H groups in total. The van der Waals surface area contributed by atoms with E-state index in [-0.39, 0.29) is 5.69 Å². The molecule has 0 aliphatic carbocycles. The van der Waals surface area contributed by atoms with Crippen molar-refractivity contribution in [1.82, 2.24) is 0 Å². The summed E-state index contributed by atoms with van der Waals surface area (Å²) in [6.07, 6.45) is -3.31. The van der Waals surface area contributed by atoms with E-state index in [2.05, 4.69) is 26.5 Å². The second-order valence-electron chi connectivity index (χ2n) is 6.46. The molecule has 0 spiro atoms. The smallest absolute Gasteiger partial charge is 0.416 e. The molecule has 3 aromatic rings. The lowest BCUT2D eigenvalue weighted by Crippen LogP contribution is -2.06. The number of benzene rings is 3. The molecule has 6 nitrogen and oxygen atoms in total. The van der Waals surface area contributed by atoms with Crippen molar-refractivity contribution >= 4 is 45.1 Å². The summed E-state index contributed by atoms with van der Waals surface area (Å²) < 4.78 is 44.7. The fraction of sp³-hybridized carbons (Fsp3) is 0.0952. The van der Waals surface area contributed by atoms with Gasteiger partial charge in [-0.3, -0.25) is 15.5 Å². The van der Waals surface area contributed by atoms with Gasteiger partial charge in [0, 0.05) is 11.1 Å². The van der Waals surface area contributed by atoms with E-state index in [1.54, 1.807) is 30.3 Å². The van der Waals surface area contributed by atoms with Crippen molar-refractivity contribution in [3.05, 3.63) is 97.0 Å². The molecular formula is C21H14BrClF3N3O3. The number of rotatable bonds is 7. The average molecular weight is 529 g/mol. The van der Waals surface area contributed by atoms with Gasteiger partial charge in [0.15, 0.2) is 0 Å².